The van der Waals surface area contributed by atoms with Gasteiger partial charge in [0.05, 0.1) is 11.5 Å². The second kappa shape index (κ2) is 6.76. The highest BCUT2D eigenvalue weighted by Gasteiger charge is 2.42. The quantitative estimate of drug-likeness (QED) is 0.809. The van der Waals surface area contributed by atoms with Crippen LogP contribution in [0.4, 0.5) is 0 Å². The summed E-state index contributed by atoms with van der Waals surface area (Å²) in [5.74, 6) is 1.45. The highest BCUT2D eigenvalue weighted by atomic mass is 32.2. The van der Waals surface area contributed by atoms with E-state index in [-0.39, 0.29) is 29.5 Å². The molecule has 1 aliphatic carbocycles. The smallest absolute Gasteiger partial charge is 0.254 e. The zero-order valence-electron chi connectivity index (χ0n) is 14.4. The van der Waals surface area contributed by atoms with Gasteiger partial charge in [-0.25, -0.2) is 8.42 Å². The number of carbonyl (C=O) groups is 1. The van der Waals surface area contributed by atoms with E-state index in [0.29, 0.717) is 23.5 Å². The van der Waals surface area contributed by atoms with Crippen molar-refractivity contribution < 1.29 is 17.9 Å². The SMILES string of the molecule is O=C(c1cccc(Oc2ccccc2)c1)N(C1CC1)C1CCS(=O)(=O)C1. The molecule has 2 aliphatic rings. The summed E-state index contributed by atoms with van der Waals surface area (Å²) in [6.45, 7) is 0. The van der Waals surface area contributed by atoms with E-state index in [9.17, 15) is 13.2 Å². The Morgan fingerprint density at radius 2 is 1.65 bits per heavy atom. The number of rotatable bonds is 5. The molecule has 0 spiro atoms. The van der Waals surface area contributed by atoms with Gasteiger partial charge in [0.1, 0.15) is 11.5 Å². The molecular formula is C20H21NO4S. The fourth-order valence-corrected chi connectivity index (χ4v) is 5.15. The Labute approximate surface area is 153 Å². The van der Waals surface area contributed by atoms with Crippen molar-refractivity contribution in [2.45, 2.75) is 31.3 Å². The summed E-state index contributed by atoms with van der Waals surface area (Å²) in [6, 6.07) is 16.5. The highest BCUT2D eigenvalue weighted by molar-refractivity contribution is 7.91. The zero-order valence-corrected chi connectivity index (χ0v) is 15.2. The molecule has 1 saturated heterocycles. The third kappa shape index (κ3) is 3.75. The number of hydrogen-bond acceptors (Lipinski definition) is 4. The summed E-state index contributed by atoms with van der Waals surface area (Å²) in [5, 5.41) is 0. The maximum atomic E-state index is 13.1. The van der Waals surface area contributed by atoms with Crippen molar-refractivity contribution in [3.8, 4) is 11.5 Å². The lowest BCUT2D eigenvalue weighted by molar-refractivity contribution is 0.0680. The maximum absolute atomic E-state index is 13.1. The fraction of sp³-hybridized carbons (Fsp3) is 0.350. The highest BCUT2D eigenvalue weighted by Crippen LogP contribution is 2.34. The molecule has 2 aromatic carbocycles. The van der Waals surface area contributed by atoms with Gasteiger partial charge in [-0.2, -0.15) is 0 Å². The van der Waals surface area contributed by atoms with E-state index >= 15 is 0 Å². The van der Waals surface area contributed by atoms with Crippen molar-refractivity contribution >= 4 is 15.7 Å². The molecule has 6 heteroatoms. The molecule has 0 aromatic heterocycles. The minimum Gasteiger partial charge on any atom is -0.457 e. The zero-order chi connectivity index (χ0) is 18.1. The molecule has 0 bridgehead atoms. The van der Waals surface area contributed by atoms with E-state index in [4.69, 9.17) is 4.74 Å². The van der Waals surface area contributed by atoms with E-state index in [2.05, 4.69) is 0 Å². The van der Waals surface area contributed by atoms with Crippen molar-refractivity contribution in [1.29, 1.82) is 0 Å². The lowest BCUT2D eigenvalue weighted by Gasteiger charge is -2.28. The summed E-state index contributed by atoms with van der Waals surface area (Å²) in [4.78, 5) is 14.9. The summed E-state index contributed by atoms with van der Waals surface area (Å²) >= 11 is 0. The Balaban J connectivity index is 1.56. The molecule has 1 saturated carbocycles. The van der Waals surface area contributed by atoms with Gasteiger partial charge in [-0.15, -0.1) is 0 Å². The van der Waals surface area contributed by atoms with Crippen molar-refractivity contribution in [3.63, 3.8) is 0 Å². The molecule has 1 heterocycles. The average Bonchev–Trinajstić information content (AvgIpc) is 3.39. The first-order chi connectivity index (χ1) is 12.5. The third-order valence-corrected chi connectivity index (χ3v) is 6.59. The second-order valence-electron chi connectivity index (χ2n) is 6.94. The molecule has 5 nitrogen and oxygen atoms in total. The van der Waals surface area contributed by atoms with Crippen LogP contribution in [0.3, 0.4) is 0 Å². The maximum Gasteiger partial charge on any atom is 0.254 e. The van der Waals surface area contributed by atoms with E-state index in [1.807, 2.05) is 36.4 Å². The minimum atomic E-state index is -3.03. The van der Waals surface area contributed by atoms with Gasteiger partial charge in [0.15, 0.2) is 9.84 Å². The van der Waals surface area contributed by atoms with Crippen LogP contribution in [0.15, 0.2) is 54.6 Å². The molecule has 136 valence electrons. The van der Waals surface area contributed by atoms with Crippen LogP contribution in [0.5, 0.6) is 11.5 Å². The summed E-state index contributed by atoms with van der Waals surface area (Å²) in [5.41, 5.74) is 0.537. The van der Waals surface area contributed by atoms with E-state index in [0.717, 1.165) is 12.8 Å². The molecule has 2 fully saturated rings. The number of nitrogens with zero attached hydrogens (tertiary/aromatic N) is 1. The number of sulfone groups is 1. The molecular weight excluding hydrogens is 350 g/mol. The molecule has 1 amide bonds. The van der Waals surface area contributed by atoms with Crippen molar-refractivity contribution in [2.24, 2.45) is 0 Å². The van der Waals surface area contributed by atoms with Gasteiger partial charge in [-0.3, -0.25) is 4.79 Å². The van der Waals surface area contributed by atoms with E-state index in [1.54, 1.807) is 23.1 Å². The molecule has 26 heavy (non-hydrogen) atoms. The lowest BCUT2D eigenvalue weighted by atomic mass is 10.1. The largest absolute Gasteiger partial charge is 0.457 e. The van der Waals surface area contributed by atoms with Gasteiger partial charge >= 0.3 is 0 Å². The van der Waals surface area contributed by atoms with Crippen LogP contribution in [-0.2, 0) is 9.84 Å². The average molecular weight is 371 g/mol. The number of hydrogen-bond donors (Lipinski definition) is 0. The van der Waals surface area contributed by atoms with E-state index in [1.165, 1.54) is 0 Å². The van der Waals surface area contributed by atoms with Crippen molar-refractivity contribution in [2.75, 3.05) is 11.5 Å². The number of ether oxygens (including phenoxy) is 1. The first kappa shape index (κ1) is 17.1. The molecule has 0 radical (unpaired) electrons. The van der Waals surface area contributed by atoms with Gasteiger partial charge in [0, 0.05) is 17.6 Å². The molecule has 1 atom stereocenters. The van der Waals surface area contributed by atoms with Crippen LogP contribution in [0.1, 0.15) is 29.6 Å². The molecule has 0 N–H and O–H groups in total. The molecule has 1 aliphatic heterocycles. The monoisotopic (exact) mass is 371 g/mol. The Kier molecular flexibility index (Phi) is 4.44. The van der Waals surface area contributed by atoms with Gasteiger partial charge in [0.2, 0.25) is 0 Å². The van der Waals surface area contributed by atoms with E-state index < -0.39 is 9.84 Å². The molecule has 2 aromatic rings. The van der Waals surface area contributed by atoms with Crippen LogP contribution in [0, 0.1) is 0 Å². The van der Waals surface area contributed by atoms with Crippen LogP contribution in [0.25, 0.3) is 0 Å². The third-order valence-electron chi connectivity index (χ3n) is 4.84. The van der Waals surface area contributed by atoms with Gasteiger partial charge < -0.3 is 9.64 Å². The van der Waals surface area contributed by atoms with Crippen LogP contribution in [0.2, 0.25) is 0 Å². The van der Waals surface area contributed by atoms with Gasteiger partial charge in [-0.05, 0) is 49.6 Å². The van der Waals surface area contributed by atoms with Crippen LogP contribution in [-0.4, -0.2) is 42.8 Å². The Morgan fingerprint density at radius 3 is 2.31 bits per heavy atom. The topological polar surface area (TPSA) is 63.7 Å². The first-order valence-electron chi connectivity index (χ1n) is 8.88. The normalized spacial score (nSPS) is 21.3. The Hall–Kier alpha value is -2.34. The van der Waals surface area contributed by atoms with Crippen LogP contribution < -0.4 is 4.74 Å². The lowest BCUT2D eigenvalue weighted by Crippen LogP contribution is -2.42. The number of carbonyl (C=O) groups excluding carboxylic acids is 1. The minimum absolute atomic E-state index is 0.0788. The Bertz CT molecular complexity index is 906. The summed E-state index contributed by atoms with van der Waals surface area (Å²) in [7, 11) is -3.03. The van der Waals surface area contributed by atoms with Crippen molar-refractivity contribution in [1.82, 2.24) is 4.90 Å². The predicted molar refractivity (Wildman–Crippen MR) is 99.2 cm³/mol. The number of amides is 1. The Morgan fingerprint density at radius 1 is 0.923 bits per heavy atom. The van der Waals surface area contributed by atoms with Crippen LogP contribution >= 0.6 is 0 Å². The molecule has 4 rings (SSSR count). The van der Waals surface area contributed by atoms with Gasteiger partial charge in [-0.1, -0.05) is 24.3 Å². The summed E-state index contributed by atoms with van der Waals surface area (Å²) in [6.07, 6.45) is 2.43. The second-order valence-corrected chi connectivity index (χ2v) is 9.17. The number of para-hydroxylation sites is 1. The number of benzene rings is 2. The summed E-state index contributed by atoms with van der Waals surface area (Å²) < 4.78 is 29.5. The molecule has 1 unspecified atom stereocenters. The first-order valence-corrected chi connectivity index (χ1v) is 10.7. The van der Waals surface area contributed by atoms with Crippen molar-refractivity contribution in [3.05, 3.63) is 60.2 Å². The predicted octanol–water partition coefficient (Wildman–Crippen LogP) is 3.27. The van der Waals surface area contributed by atoms with Gasteiger partial charge in [0.25, 0.3) is 5.91 Å². The fourth-order valence-electron chi connectivity index (χ4n) is 3.44. The standard InChI is InChI=1S/C20H21NO4S/c22-20(21(16-9-10-16)17-11-12-26(23,24)14-17)15-5-4-8-19(13-15)25-18-6-2-1-3-7-18/h1-8,13,16-17H,9-12,14H2.